The van der Waals surface area contributed by atoms with Crippen molar-refractivity contribution in [2.45, 2.75) is 18.5 Å². The molecular formula is C27H27FN2O4. The first kappa shape index (κ1) is 23.4. The van der Waals surface area contributed by atoms with Crippen LogP contribution < -0.4 is 10.1 Å². The summed E-state index contributed by atoms with van der Waals surface area (Å²) in [4.78, 5) is 28.8. The highest BCUT2D eigenvalue weighted by atomic mass is 19.1. The van der Waals surface area contributed by atoms with E-state index >= 15 is 0 Å². The highest BCUT2D eigenvalue weighted by Gasteiger charge is 2.43. The maximum absolute atomic E-state index is 13.7. The molecule has 0 spiro atoms. The minimum Gasteiger partial charge on any atom is -0.496 e. The second-order valence-corrected chi connectivity index (χ2v) is 8.08. The number of methoxy groups -OCH3 is 2. The number of rotatable bonds is 8. The molecule has 0 fully saturated rings. The molecule has 1 N–H and O–H groups in total. The number of nitrogens with zero attached hydrogens (tertiary/aromatic N) is 1. The van der Waals surface area contributed by atoms with Crippen molar-refractivity contribution in [3.05, 3.63) is 101 Å². The zero-order chi connectivity index (χ0) is 24.1. The van der Waals surface area contributed by atoms with Crippen LogP contribution in [0.1, 0.15) is 39.0 Å². The van der Waals surface area contributed by atoms with Crippen LogP contribution in [0.4, 0.5) is 4.39 Å². The summed E-state index contributed by atoms with van der Waals surface area (Å²) in [6.45, 7) is 0.868. The van der Waals surface area contributed by atoms with E-state index in [0.717, 1.165) is 5.56 Å². The van der Waals surface area contributed by atoms with Crippen molar-refractivity contribution in [3.8, 4) is 5.75 Å². The maximum Gasteiger partial charge on any atom is 0.254 e. The fraction of sp³-hybridized carbons (Fsp3) is 0.259. The van der Waals surface area contributed by atoms with E-state index in [2.05, 4.69) is 5.32 Å². The normalized spacial score (nSPS) is 17.3. The van der Waals surface area contributed by atoms with Gasteiger partial charge in [0, 0.05) is 31.3 Å². The Labute approximate surface area is 198 Å². The Morgan fingerprint density at radius 2 is 1.71 bits per heavy atom. The SMILES string of the molecule is COCCN1C(=O)c2ccccc2[C@@H](C(=O)NCc2ccccc2OC)[C@H]1c1ccc(F)cc1. The molecule has 3 aromatic carbocycles. The molecule has 0 saturated heterocycles. The number of hydrogen-bond acceptors (Lipinski definition) is 4. The minimum absolute atomic E-state index is 0.184. The predicted octanol–water partition coefficient (Wildman–Crippen LogP) is 4.08. The Morgan fingerprint density at radius 3 is 2.44 bits per heavy atom. The third-order valence-electron chi connectivity index (χ3n) is 6.11. The Morgan fingerprint density at radius 1 is 1.00 bits per heavy atom. The largest absolute Gasteiger partial charge is 0.496 e. The molecule has 4 rings (SSSR count). The van der Waals surface area contributed by atoms with Crippen molar-refractivity contribution < 1.29 is 23.5 Å². The van der Waals surface area contributed by atoms with Crippen molar-refractivity contribution in [1.82, 2.24) is 10.2 Å². The quantitative estimate of drug-likeness (QED) is 0.548. The van der Waals surface area contributed by atoms with Crippen molar-refractivity contribution in [3.63, 3.8) is 0 Å². The third kappa shape index (κ3) is 4.65. The Bertz CT molecular complexity index is 1170. The zero-order valence-electron chi connectivity index (χ0n) is 19.2. The van der Waals surface area contributed by atoms with Gasteiger partial charge in [-0.25, -0.2) is 4.39 Å². The Hall–Kier alpha value is -3.71. The van der Waals surface area contributed by atoms with E-state index in [-0.39, 0.29) is 24.2 Å². The number of para-hydroxylation sites is 1. The molecule has 0 unspecified atom stereocenters. The van der Waals surface area contributed by atoms with E-state index in [1.165, 1.54) is 12.1 Å². The van der Waals surface area contributed by atoms with Crippen LogP contribution in [0.5, 0.6) is 5.75 Å². The van der Waals surface area contributed by atoms with Crippen molar-refractivity contribution in [2.24, 2.45) is 0 Å². The van der Waals surface area contributed by atoms with Crippen molar-refractivity contribution in [1.29, 1.82) is 0 Å². The lowest BCUT2D eigenvalue weighted by Crippen LogP contribution is -2.48. The topological polar surface area (TPSA) is 67.9 Å². The van der Waals surface area contributed by atoms with E-state index in [1.807, 2.05) is 36.4 Å². The van der Waals surface area contributed by atoms with E-state index in [0.29, 0.717) is 35.6 Å². The number of ether oxygens (including phenoxy) is 2. The molecule has 1 aliphatic rings. The number of amides is 2. The summed E-state index contributed by atoms with van der Waals surface area (Å²) in [5, 5.41) is 3.02. The highest BCUT2D eigenvalue weighted by Crippen LogP contribution is 2.42. The van der Waals surface area contributed by atoms with Crippen LogP contribution in [0.25, 0.3) is 0 Å². The van der Waals surface area contributed by atoms with Crippen LogP contribution >= 0.6 is 0 Å². The first-order valence-corrected chi connectivity index (χ1v) is 11.1. The molecule has 0 bridgehead atoms. The van der Waals surface area contributed by atoms with Crippen molar-refractivity contribution >= 4 is 11.8 Å². The Balaban J connectivity index is 1.75. The highest BCUT2D eigenvalue weighted by molar-refractivity contribution is 6.01. The summed E-state index contributed by atoms with van der Waals surface area (Å²) >= 11 is 0. The fourth-order valence-electron chi connectivity index (χ4n) is 4.48. The summed E-state index contributed by atoms with van der Waals surface area (Å²) in [6, 6.07) is 20.0. The van der Waals surface area contributed by atoms with E-state index in [9.17, 15) is 14.0 Å². The Kier molecular flexibility index (Phi) is 7.23. The van der Waals surface area contributed by atoms with Gasteiger partial charge in [0.15, 0.2) is 0 Å². The third-order valence-corrected chi connectivity index (χ3v) is 6.11. The fourth-order valence-corrected chi connectivity index (χ4v) is 4.48. The lowest BCUT2D eigenvalue weighted by Gasteiger charge is -2.41. The van der Waals surface area contributed by atoms with Gasteiger partial charge in [0.05, 0.1) is 25.7 Å². The smallest absolute Gasteiger partial charge is 0.254 e. The van der Waals surface area contributed by atoms with Crippen LogP contribution in [0.2, 0.25) is 0 Å². The molecule has 176 valence electrons. The molecule has 1 aliphatic heterocycles. The van der Waals surface area contributed by atoms with Gasteiger partial charge in [-0.15, -0.1) is 0 Å². The number of carbonyl (C=O) groups is 2. The lowest BCUT2D eigenvalue weighted by atomic mass is 9.79. The van der Waals surface area contributed by atoms with Gasteiger partial charge in [-0.05, 0) is 35.4 Å². The van der Waals surface area contributed by atoms with Gasteiger partial charge in [0.1, 0.15) is 11.6 Å². The van der Waals surface area contributed by atoms with E-state index in [4.69, 9.17) is 9.47 Å². The van der Waals surface area contributed by atoms with Crippen LogP contribution in [-0.2, 0) is 16.1 Å². The molecule has 7 heteroatoms. The van der Waals surface area contributed by atoms with Crippen LogP contribution in [-0.4, -0.2) is 44.1 Å². The number of hydrogen-bond donors (Lipinski definition) is 1. The number of benzene rings is 3. The molecule has 6 nitrogen and oxygen atoms in total. The number of nitrogens with one attached hydrogen (secondary N) is 1. The van der Waals surface area contributed by atoms with Gasteiger partial charge >= 0.3 is 0 Å². The van der Waals surface area contributed by atoms with Crippen LogP contribution in [0.3, 0.4) is 0 Å². The molecule has 1 heterocycles. The number of halogens is 1. The van der Waals surface area contributed by atoms with Gasteiger partial charge in [-0.3, -0.25) is 9.59 Å². The first-order valence-electron chi connectivity index (χ1n) is 11.1. The summed E-state index contributed by atoms with van der Waals surface area (Å²) < 4.78 is 24.4. The maximum atomic E-state index is 13.7. The average Bonchev–Trinajstić information content (AvgIpc) is 2.87. The predicted molar refractivity (Wildman–Crippen MR) is 126 cm³/mol. The molecule has 0 aliphatic carbocycles. The minimum atomic E-state index is -0.689. The first-order chi connectivity index (χ1) is 16.5. The molecule has 3 aromatic rings. The van der Waals surface area contributed by atoms with E-state index in [1.54, 1.807) is 43.4 Å². The zero-order valence-corrected chi connectivity index (χ0v) is 19.2. The van der Waals surface area contributed by atoms with Crippen LogP contribution in [0.15, 0.2) is 72.8 Å². The number of carbonyl (C=O) groups excluding carboxylic acids is 2. The average molecular weight is 463 g/mol. The standard InChI is InChI=1S/C27H27FN2O4/c1-33-16-15-30-25(18-11-13-20(28)14-12-18)24(21-8-4-5-9-22(21)27(30)32)26(31)29-17-19-7-3-6-10-23(19)34-2/h3-14,24-25H,15-17H2,1-2H3,(H,29,31)/t24-,25-/m1/s1. The van der Waals surface area contributed by atoms with Gasteiger partial charge in [-0.1, -0.05) is 48.5 Å². The summed E-state index contributed by atoms with van der Waals surface area (Å²) in [6.07, 6.45) is 0. The molecule has 0 aromatic heterocycles. The summed E-state index contributed by atoms with van der Waals surface area (Å²) in [7, 11) is 3.15. The number of fused-ring (bicyclic) bond motifs is 1. The van der Waals surface area contributed by atoms with Gasteiger partial charge in [0.25, 0.3) is 5.91 Å². The van der Waals surface area contributed by atoms with Crippen LogP contribution in [0, 0.1) is 5.82 Å². The van der Waals surface area contributed by atoms with E-state index < -0.39 is 12.0 Å². The molecule has 34 heavy (non-hydrogen) atoms. The van der Waals surface area contributed by atoms with Gasteiger partial charge in [0.2, 0.25) is 5.91 Å². The molecular weight excluding hydrogens is 435 g/mol. The second kappa shape index (κ2) is 10.5. The molecule has 2 amide bonds. The second-order valence-electron chi connectivity index (χ2n) is 8.08. The molecule has 2 atom stereocenters. The summed E-state index contributed by atoms with van der Waals surface area (Å²) in [5.74, 6) is -0.810. The van der Waals surface area contributed by atoms with Gasteiger partial charge < -0.3 is 19.7 Å². The monoisotopic (exact) mass is 462 g/mol. The van der Waals surface area contributed by atoms with Gasteiger partial charge in [-0.2, -0.15) is 0 Å². The molecule has 0 radical (unpaired) electrons. The summed E-state index contributed by atoms with van der Waals surface area (Å²) in [5.41, 5.74) is 2.65. The lowest BCUT2D eigenvalue weighted by molar-refractivity contribution is -0.124. The van der Waals surface area contributed by atoms with Crippen molar-refractivity contribution in [2.75, 3.05) is 27.4 Å². The molecule has 0 saturated carbocycles.